The second-order valence-electron chi connectivity index (χ2n) is 26.9. The van der Waals surface area contributed by atoms with E-state index >= 15 is 0 Å². The number of ether oxygens (including phenoxy) is 4. The standard InChI is InChI=1S/C70H136O17P2/c1-9-63(8)49-41-33-28-29-35-43-51-68(73)81-57-66(87-70(75)53-45-37-27-21-24-32-40-48-62(6)7)59-85-89(78,79)83-55-64(71)54-82-88(76,77)84-58-65(86-69(74)52-44-36-26-20-23-31-39-47-61(4)5)56-80-67(72)50-42-34-25-19-17-15-13-11-10-12-14-16-18-22-30-38-46-60(2)3/h60-66,71H,9-59H2,1-8H3,(H,76,77)(H,78,79)/t63?,64-,65-,66-/m1/s1. The quantitative estimate of drug-likeness (QED) is 0.0222. The van der Waals surface area contributed by atoms with E-state index in [4.69, 9.17) is 37.0 Å². The van der Waals surface area contributed by atoms with Crippen LogP contribution in [0.25, 0.3) is 0 Å². The van der Waals surface area contributed by atoms with Crippen LogP contribution < -0.4 is 0 Å². The number of hydrogen-bond acceptors (Lipinski definition) is 15. The number of rotatable bonds is 67. The summed E-state index contributed by atoms with van der Waals surface area (Å²) in [5.41, 5.74) is 0. The molecule has 0 aliphatic carbocycles. The summed E-state index contributed by atoms with van der Waals surface area (Å²) in [7, 11) is -9.90. The van der Waals surface area contributed by atoms with Gasteiger partial charge in [0.15, 0.2) is 12.2 Å². The fourth-order valence-corrected chi connectivity index (χ4v) is 12.0. The Kier molecular flexibility index (Phi) is 58.5. The highest BCUT2D eigenvalue weighted by Gasteiger charge is 2.30. The van der Waals surface area contributed by atoms with Crippen molar-refractivity contribution < 1.29 is 80.2 Å². The van der Waals surface area contributed by atoms with Crippen molar-refractivity contribution in [3.8, 4) is 0 Å². The lowest BCUT2D eigenvalue weighted by Crippen LogP contribution is -2.30. The van der Waals surface area contributed by atoms with Crippen molar-refractivity contribution >= 4 is 39.5 Å². The Balaban J connectivity index is 5.16. The van der Waals surface area contributed by atoms with Crippen LogP contribution in [0, 0.1) is 23.7 Å². The topological polar surface area (TPSA) is 237 Å². The Labute approximate surface area is 543 Å². The van der Waals surface area contributed by atoms with Crippen molar-refractivity contribution in [2.75, 3.05) is 39.6 Å². The molecule has 0 fully saturated rings. The van der Waals surface area contributed by atoms with Gasteiger partial charge in [-0.05, 0) is 49.4 Å². The molecule has 0 rings (SSSR count). The number of aliphatic hydroxyl groups is 1. The second kappa shape index (κ2) is 59.8. The zero-order chi connectivity index (χ0) is 66.1. The molecule has 0 radical (unpaired) electrons. The molecule has 17 nitrogen and oxygen atoms in total. The number of hydrogen-bond donors (Lipinski definition) is 3. The number of phosphoric ester groups is 2. The van der Waals surface area contributed by atoms with Gasteiger partial charge in [0.1, 0.15) is 19.3 Å². The third-order valence-corrected chi connectivity index (χ3v) is 18.3. The first-order chi connectivity index (χ1) is 42.6. The Bertz CT molecular complexity index is 1770. The van der Waals surface area contributed by atoms with Crippen LogP contribution in [-0.2, 0) is 65.4 Å². The third-order valence-electron chi connectivity index (χ3n) is 16.4. The first kappa shape index (κ1) is 87.1. The molecular weight excluding hydrogens is 1170 g/mol. The fourth-order valence-electron chi connectivity index (χ4n) is 10.5. The molecule has 3 unspecified atom stereocenters. The van der Waals surface area contributed by atoms with Crippen molar-refractivity contribution in [3.05, 3.63) is 0 Å². The van der Waals surface area contributed by atoms with Gasteiger partial charge in [0.2, 0.25) is 0 Å². The maximum Gasteiger partial charge on any atom is 0.472 e. The monoisotopic (exact) mass is 1310 g/mol. The van der Waals surface area contributed by atoms with E-state index in [0.717, 1.165) is 108 Å². The van der Waals surface area contributed by atoms with Crippen LogP contribution in [0.15, 0.2) is 0 Å². The summed E-state index contributed by atoms with van der Waals surface area (Å²) in [6.45, 7) is 14.0. The van der Waals surface area contributed by atoms with E-state index < -0.39 is 97.5 Å². The lowest BCUT2D eigenvalue weighted by Gasteiger charge is -2.21. The zero-order valence-electron chi connectivity index (χ0n) is 58.1. The molecule has 0 aliphatic rings. The van der Waals surface area contributed by atoms with Crippen molar-refractivity contribution in [1.82, 2.24) is 0 Å². The van der Waals surface area contributed by atoms with Crippen LogP contribution in [0.1, 0.15) is 344 Å². The van der Waals surface area contributed by atoms with Gasteiger partial charge in [0, 0.05) is 25.7 Å². The van der Waals surface area contributed by atoms with Crippen LogP contribution in [0.4, 0.5) is 0 Å². The van der Waals surface area contributed by atoms with Crippen LogP contribution in [0.5, 0.6) is 0 Å². The average molecular weight is 1310 g/mol. The van der Waals surface area contributed by atoms with Crippen LogP contribution in [0.3, 0.4) is 0 Å². The number of carbonyl (C=O) groups excluding carboxylic acids is 4. The summed E-state index contributed by atoms with van der Waals surface area (Å²) in [6, 6.07) is 0. The molecular formula is C70H136O17P2. The molecule has 0 amide bonds. The third kappa shape index (κ3) is 63.2. The van der Waals surface area contributed by atoms with Gasteiger partial charge in [-0.3, -0.25) is 37.3 Å². The Morgan fingerprint density at radius 1 is 0.315 bits per heavy atom. The number of unbranched alkanes of at least 4 members (excludes halogenated alkanes) is 32. The maximum absolute atomic E-state index is 13.0. The van der Waals surface area contributed by atoms with Crippen molar-refractivity contribution in [1.29, 1.82) is 0 Å². The van der Waals surface area contributed by atoms with Gasteiger partial charge >= 0.3 is 39.5 Å². The van der Waals surface area contributed by atoms with E-state index in [1.54, 1.807) is 0 Å². The van der Waals surface area contributed by atoms with Crippen LogP contribution in [0.2, 0.25) is 0 Å². The first-order valence-corrected chi connectivity index (χ1v) is 39.2. The minimum absolute atomic E-state index is 0.102. The van der Waals surface area contributed by atoms with Gasteiger partial charge < -0.3 is 33.8 Å². The fraction of sp³-hybridized carbons (Fsp3) is 0.943. The van der Waals surface area contributed by atoms with Gasteiger partial charge in [0.25, 0.3) is 0 Å². The maximum atomic E-state index is 13.0. The van der Waals surface area contributed by atoms with E-state index in [2.05, 4.69) is 55.4 Å². The SMILES string of the molecule is CCC(C)CCCCCCCCC(=O)OC[C@H](COP(=O)(O)OC[C@H](O)COP(=O)(O)OC[C@@H](COC(=O)CCCCCCCCCCCCCCCCCCC(C)C)OC(=O)CCCCCCCCCC(C)C)OC(=O)CCCCCCCCCC(C)C. The molecule has 0 heterocycles. The van der Waals surface area contributed by atoms with Gasteiger partial charge in [-0.15, -0.1) is 0 Å². The minimum atomic E-state index is -4.95. The summed E-state index contributed by atoms with van der Waals surface area (Å²) in [5.74, 6) is 0.800. The number of carbonyl (C=O) groups is 4. The molecule has 0 aromatic carbocycles. The highest BCUT2D eigenvalue weighted by Crippen LogP contribution is 2.45. The predicted molar refractivity (Wildman–Crippen MR) is 358 cm³/mol. The normalized spacial score (nSPS) is 14.6. The lowest BCUT2D eigenvalue weighted by molar-refractivity contribution is -0.161. The molecule has 0 bridgehead atoms. The highest BCUT2D eigenvalue weighted by molar-refractivity contribution is 7.47. The summed E-state index contributed by atoms with van der Waals surface area (Å²) in [4.78, 5) is 72.4. The van der Waals surface area contributed by atoms with Gasteiger partial charge in [0.05, 0.1) is 26.4 Å². The van der Waals surface area contributed by atoms with Crippen molar-refractivity contribution in [3.63, 3.8) is 0 Å². The van der Waals surface area contributed by atoms with E-state index in [-0.39, 0.29) is 25.7 Å². The van der Waals surface area contributed by atoms with Crippen LogP contribution >= 0.6 is 15.6 Å². The van der Waals surface area contributed by atoms with E-state index in [9.17, 15) is 43.2 Å². The smallest absolute Gasteiger partial charge is 0.462 e. The second-order valence-corrected chi connectivity index (χ2v) is 29.8. The molecule has 528 valence electrons. The van der Waals surface area contributed by atoms with Crippen molar-refractivity contribution in [2.24, 2.45) is 23.7 Å². The number of esters is 4. The zero-order valence-corrected chi connectivity index (χ0v) is 59.8. The Hall–Kier alpha value is -1.94. The predicted octanol–water partition coefficient (Wildman–Crippen LogP) is 19.7. The Morgan fingerprint density at radius 2 is 0.539 bits per heavy atom. The summed E-state index contributed by atoms with van der Waals surface area (Å²) in [5, 5.41) is 10.6. The first-order valence-electron chi connectivity index (χ1n) is 36.2. The van der Waals surface area contributed by atoms with Gasteiger partial charge in [-0.1, -0.05) is 293 Å². The highest BCUT2D eigenvalue weighted by atomic mass is 31.2. The summed E-state index contributed by atoms with van der Waals surface area (Å²) >= 11 is 0. The molecule has 3 N–H and O–H groups in total. The van der Waals surface area contributed by atoms with Crippen LogP contribution in [-0.4, -0.2) is 96.7 Å². The molecule has 0 spiro atoms. The van der Waals surface area contributed by atoms with E-state index in [1.807, 2.05) is 0 Å². The summed E-state index contributed by atoms with van der Waals surface area (Å²) in [6.07, 6.45) is 42.0. The molecule has 89 heavy (non-hydrogen) atoms. The average Bonchev–Trinajstić information content (AvgIpc) is 3.58. The molecule has 0 saturated heterocycles. The van der Waals surface area contributed by atoms with E-state index in [1.165, 1.54) is 141 Å². The number of phosphoric acid groups is 2. The largest absolute Gasteiger partial charge is 0.472 e. The summed E-state index contributed by atoms with van der Waals surface area (Å²) < 4.78 is 68.2. The Morgan fingerprint density at radius 3 is 0.798 bits per heavy atom. The molecule has 0 saturated carbocycles. The molecule has 0 aromatic rings. The minimum Gasteiger partial charge on any atom is -0.462 e. The molecule has 6 atom stereocenters. The van der Waals surface area contributed by atoms with Gasteiger partial charge in [-0.25, -0.2) is 9.13 Å². The molecule has 0 aliphatic heterocycles. The molecule has 0 aromatic heterocycles. The van der Waals surface area contributed by atoms with Gasteiger partial charge in [-0.2, -0.15) is 0 Å². The lowest BCUT2D eigenvalue weighted by atomic mass is 10.00. The molecule has 19 heteroatoms. The van der Waals surface area contributed by atoms with E-state index in [0.29, 0.717) is 37.5 Å². The van der Waals surface area contributed by atoms with Crippen molar-refractivity contribution in [2.45, 2.75) is 363 Å². The number of aliphatic hydroxyl groups excluding tert-OH is 1.